The minimum absolute atomic E-state index is 0.0951. The van der Waals surface area contributed by atoms with Crippen molar-refractivity contribution in [3.8, 4) is 0 Å². The maximum Gasteiger partial charge on any atom is 0.338 e. The molecule has 0 heterocycles. The van der Waals surface area contributed by atoms with Crippen LogP contribution < -0.4 is 5.73 Å². The van der Waals surface area contributed by atoms with Gasteiger partial charge in [0.05, 0.1) is 16.3 Å². The van der Waals surface area contributed by atoms with Crippen LogP contribution in [0.25, 0.3) is 0 Å². The molecule has 2 aromatic rings. The number of esters is 1. The predicted molar refractivity (Wildman–Crippen MR) is 76.8 cm³/mol. The molecule has 0 spiro atoms. The number of Topliss-reactive ketones (excluding diaryl/α,β-unsaturated/α-hetero) is 1. The fourth-order valence-electron chi connectivity index (χ4n) is 1.64. The molecule has 2 rings (SSSR count). The first-order valence-electron chi connectivity index (χ1n) is 6.09. The molecule has 0 aliphatic rings. The molecule has 0 saturated carbocycles. The summed E-state index contributed by atoms with van der Waals surface area (Å²) >= 11 is 5.72. The second kappa shape index (κ2) is 6.53. The topological polar surface area (TPSA) is 69.4 Å². The highest BCUT2D eigenvalue weighted by Crippen LogP contribution is 2.20. The van der Waals surface area contributed by atoms with E-state index in [2.05, 4.69) is 0 Å². The molecule has 0 saturated heterocycles. The van der Waals surface area contributed by atoms with Crippen LogP contribution in [0.3, 0.4) is 0 Å². The average molecular weight is 326 g/mol. The molecule has 114 valence electrons. The van der Waals surface area contributed by atoms with Crippen LogP contribution in [0.2, 0.25) is 5.02 Å². The highest BCUT2D eigenvalue weighted by Gasteiger charge is 2.14. The highest BCUT2D eigenvalue weighted by atomic mass is 35.5. The minimum Gasteiger partial charge on any atom is -0.454 e. The van der Waals surface area contributed by atoms with E-state index in [1.165, 1.54) is 18.2 Å². The molecule has 0 unspecified atom stereocenters. The van der Waals surface area contributed by atoms with Gasteiger partial charge in [-0.2, -0.15) is 0 Å². The van der Waals surface area contributed by atoms with E-state index in [1.54, 1.807) is 0 Å². The van der Waals surface area contributed by atoms with E-state index in [0.717, 1.165) is 18.2 Å². The summed E-state index contributed by atoms with van der Waals surface area (Å²) in [7, 11) is 0. The summed E-state index contributed by atoms with van der Waals surface area (Å²) in [6.07, 6.45) is 0. The molecule has 0 aliphatic heterocycles. The first kappa shape index (κ1) is 15.9. The van der Waals surface area contributed by atoms with E-state index >= 15 is 0 Å². The lowest BCUT2D eigenvalue weighted by atomic mass is 10.1. The van der Waals surface area contributed by atoms with Crippen LogP contribution in [0.15, 0.2) is 36.4 Å². The summed E-state index contributed by atoms with van der Waals surface area (Å²) in [4.78, 5) is 23.5. The SMILES string of the molecule is Nc1cc(C(=O)OCC(=O)c2ccc(F)c(F)c2)ccc1Cl. The Bertz CT molecular complexity index is 686. The molecule has 0 aliphatic carbocycles. The molecule has 0 atom stereocenters. The van der Waals surface area contributed by atoms with E-state index in [-0.39, 0.29) is 21.8 Å². The van der Waals surface area contributed by atoms with Crippen molar-refractivity contribution in [2.45, 2.75) is 0 Å². The zero-order valence-corrected chi connectivity index (χ0v) is 11.9. The van der Waals surface area contributed by atoms with Crippen LogP contribution in [0, 0.1) is 11.6 Å². The van der Waals surface area contributed by atoms with Crippen molar-refractivity contribution in [3.63, 3.8) is 0 Å². The van der Waals surface area contributed by atoms with Crippen LogP contribution in [0.1, 0.15) is 20.7 Å². The second-order valence-corrected chi connectivity index (χ2v) is 4.77. The summed E-state index contributed by atoms with van der Waals surface area (Å²) in [5.41, 5.74) is 5.78. The molecule has 0 aromatic heterocycles. The minimum atomic E-state index is -1.15. The lowest BCUT2D eigenvalue weighted by Gasteiger charge is -2.06. The molecule has 2 aromatic carbocycles. The van der Waals surface area contributed by atoms with Crippen molar-refractivity contribution in [3.05, 3.63) is 64.2 Å². The largest absolute Gasteiger partial charge is 0.454 e. The Morgan fingerprint density at radius 1 is 1.05 bits per heavy atom. The monoisotopic (exact) mass is 325 g/mol. The van der Waals surface area contributed by atoms with Crippen LogP contribution >= 0.6 is 11.6 Å². The molecule has 2 N–H and O–H groups in total. The van der Waals surface area contributed by atoms with Gasteiger partial charge in [-0.05, 0) is 36.4 Å². The zero-order chi connectivity index (χ0) is 16.3. The Morgan fingerprint density at radius 3 is 2.36 bits per heavy atom. The van der Waals surface area contributed by atoms with Gasteiger partial charge in [-0.3, -0.25) is 4.79 Å². The number of anilines is 1. The molecular weight excluding hydrogens is 316 g/mol. The van der Waals surface area contributed by atoms with Crippen LogP contribution in [0.4, 0.5) is 14.5 Å². The summed E-state index contributed by atoms with van der Waals surface area (Å²) in [5.74, 6) is -3.65. The number of halogens is 3. The van der Waals surface area contributed by atoms with E-state index in [1.807, 2.05) is 0 Å². The normalized spacial score (nSPS) is 10.3. The molecule has 0 bridgehead atoms. The van der Waals surface area contributed by atoms with Crippen molar-refractivity contribution < 1.29 is 23.1 Å². The Morgan fingerprint density at radius 2 is 1.73 bits per heavy atom. The Balaban J connectivity index is 2.02. The van der Waals surface area contributed by atoms with E-state index in [0.29, 0.717) is 0 Å². The van der Waals surface area contributed by atoms with Crippen molar-refractivity contribution in [2.75, 3.05) is 12.3 Å². The fraction of sp³-hybridized carbons (Fsp3) is 0.0667. The summed E-state index contributed by atoms with van der Waals surface area (Å²) in [6.45, 7) is -0.605. The van der Waals surface area contributed by atoms with Gasteiger partial charge in [0.2, 0.25) is 0 Å². The molecule has 4 nitrogen and oxygen atoms in total. The molecular formula is C15H10ClF2NO3. The fourth-order valence-corrected chi connectivity index (χ4v) is 1.76. The van der Waals surface area contributed by atoms with Crippen molar-refractivity contribution in [2.24, 2.45) is 0 Å². The van der Waals surface area contributed by atoms with Crippen LogP contribution in [-0.4, -0.2) is 18.4 Å². The van der Waals surface area contributed by atoms with Gasteiger partial charge in [0, 0.05) is 5.56 Å². The number of hydrogen-bond donors (Lipinski definition) is 1. The maximum absolute atomic E-state index is 13.0. The lowest BCUT2D eigenvalue weighted by Crippen LogP contribution is -2.14. The molecule has 0 fully saturated rings. The average Bonchev–Trinajstić information content (AvgIpc) is 2.50. The lowest BCUT2D eigenvalue weighted by molar-refractivity contribution is 0.0474. The molecule has 7 heteroatoms. The summed E-state index contributed by atoms with van der Waals surface area (Å²) < 4.78 is 30.6. The third kappa shape index (κ3) is 3.59. The Hall–Kier alpha value is -2.47. The first-order chi connectivity index (χ1) is 10.4. The smallest absolute Gasteiger partial charge is 0.338 e. The number of ketones is 1. The highest BCUT2D eigenvalue weighted by molar-refractivity contribution is 6.33. The van der Waals surface area contributed by atoms with E-state index in [4.69, 9.17) is 22.1 Å². The van der Waals surface area contributed by atoms with E-state index in [9.17, 15) is 18.4 Å². The number of benzene rings is 2. The Labute approximate surface area is 129 Å². The number of carbonyl (C=O) groups excluding carboxylic acids is 2. The maximum atomic E-state index is 13.0. The number of nitrogen functional groups attached to an aromatic ring is 1. The predicted octanol–water partition coefficient (Wildman–Crippen LogP) is 3.24. The number of rotatable bonds is 4. The number of hydrogen-bond acceptors (Lipinski definition) is 4. The molecule has 0 radical (unpaired) electrons. The molecule has 22 heavy (non-hydrogen) atoms. The standard InChI is InChI=1S/C15H10ClF2NO3/c16-10-3-1-9(6-13(10)19)15(21)22-7-14(20)8-2-4-11(17)12(18)5-8/h1-6H,7,19H2. The third-order valence-electron chi connectivity index (χ3n) is 2.81. The zero-order valence-electron chi connectivity index (χ0n) is 11.1. The number of carbonyl (C=O) groups is 2. The van der Waals surface area contributed by atoms with Gasteiger partial charge >= 0.3 is 5.97 Å². The van der Waals surface area contributed by atoms with Crippen molar-refractivity contribution >= 4 is 29.0 Å². The van der Waals surface area contributed by atoms with Crippen LogP contribution in [0.5, 0.6) is 0 Å². The third-order valence-corrected chi connectivity index (χ3v) is 3.15. The van der Waals surface area contributed by atoms with Gasteiger partial charge in [0.1, 0.15) is 0 Å². The van der Waals surface area contributed by atoms with Gasteiger partial charge < -0.3 is 10.5 Å². The number of nitrogens with two attached hydrogens (primary N) is 1. The summed E-state index contributed by atoms with van der Waals surface area (Å²) in [6, 6.07) is 6.80. The summed E-state index contributed by atoms with van der Waals surface area (Å²) in [5, 5.41) is 0.286. The van der Waals surface area contributed by atoms with Gasteiger partial charge in [-0.15, -0.1) is 0 Å². The molecule has 0 amide bonds. The number of ether oxygens (including phenoxy) is 1. The van der Waals surface area contributed by atoms with Crippen LogP contribution in [-0.2, 0) is 4.74 Å². The quantitative estimate of drug-likeness (QED) is 0.532. The second-order valence-electron chi connectivity index (χ2n) is 4.36. The van der Waals surface area contributed by atoms with Gasteiger partial charge in [0.15, 0.2) is 24.0 Å². The van der Waals surface area contributed by atoms with Gasteiger partial charge in [0.25, 0.3) is 0 Å². The van der Waals surface area contributed by atoms with Crippen molar-refractivity contribution in [1.29, 1.82) is 0 Å². The van der Waals surface area contributed by atoms with Crippen molar-refractivity contribution in [1.82, 2.24) is 0 Å². The Kier molecular flexibility index (Phi) is 4.72. The van der Waals surface area contributed by atoms with Gasteiger partial charge in [-0.25, -0.2) is 13.6 Å². The van der Waals surface area contributed by atoms with Gasteiger partial charge in [-0.1, -0.05) is 11.6 Å². The first-order valence-corrected chi connectivity index (χ1v) is 6.46. The van der Waals surface area contributed by atoms with E-state index < -0.39 is 30.0 Å².